The van der Waals surface area contributed by atoms with Crippen LogP contribution in [0.1, 0.15) is 6.42 Å². The van der Waals surface area contributed by atoms with Crippen LogP contribution in [0, 0.1) is 0 Å². The number of aliphatic carboxylic acids is 1. The van der Waals surface area contributed by atoms with Crippen molar-refractivity contribution in [3.05, 3.63) is 45.8 Å². The molecule has 1 saturated heterocycles. The molecule has 10 heteroatoms. The summed E-state index contributed by atoms with van der Waals surface area (Å²) < 4.78 is 24.2. The lowest BCUT2D eigenvalue weighted by Gasteiger charge is -2.17. The number of rotatable bonds is 5. The summed E-state index contributed by atoms with van der Waals surface area (Å²) in [7, 11) is -3.15. The van der Waals surface area contributed by atoms with Gasteiger partial charge in [-0.15, -0.1) is 0 Å². The van der Waals surface area contributed by atoms with Gasteiger partial charge in [-0.25, -0.2) is 13.4 Å². The third kappa shape index (κ3) is 3.88. The van der Waals surface area contributed by atoms with Crippen LogP contribution >= 0.6 is 11.6 Å². The third-order valence-corrected chi connectivity index (χ3v) is 6.07. The molecule has 0 saturated carbocycles. The fourth-order valence-corrected chi connectivity index (χ4v) is 4.86. The Morgan fingerprint density at radius 2 is 2.04 bits per heavy atom. The number of hydrogen-bond acceptors (Lipinski definition) is 6. The maximum atomic E-state index is 12.8. The summed E-state index contributed by atoms with van der Waals surface area (Å²) in [6.07, 6.45) is 0.348. The van der Waals surface area contributed by atoms with Crippen molar-refractivity contribution in [3.8, 4) is 11.3 Å². The van der Waals surface area contributed by atoms with Crippen molar-refractivity contribution in [2.24, 2.45) is 0 Å². The number of nitrogens with zero attached hydrogens (tertiary/aromatic N) is 2. The Hall–Kier alpha value is -2.39. The molecular formula is C16H16ClN3O5S. The number of carboxylic acid groups (broad SMARTS) is 1. The fourth-order valence-electron chi connectivity index (χ4n) is 2.89. The molecule has 0 amide bonds. The van der Waals surface area contributed by atoms with Gasteiger partial charge >= 0.3 is 5.97 Å². The van der Waals surface area contributed by atoms with E-state index >= 15 is 0 Å². The Morgan fingerprint density at radius 3 is 2.62 bits per heavy atom. The van der Waals surface area contributed by atoms with Crippen LogP contribution in [0.2, 0.25) is 5.15 Å². The summed E-state index contributed by atoms with van der Waals surface area (Å²) >= 11 is 6.24. The lowest BCUT2D eigenvalue weighted by atomic mass is 10.1. The zero-order valence-electron chi connectivity index (χ0n) is 13.6. The monoisotopic (exact) mass is 397 g/mol. The van der Waals surface area contributed by atoms with Crippen LogP contribution in [-0.2, 0) is 21.2 Å². The van der Waals surface area contributed by atoms with Crippen LogP contribution in [0.3, 0.4) is 0 Å². The molecule has 2 aromatic rings. The van der Waals surface area contributed by atoms with Crippen molar-refractivity contribution < 1.29 is 18.3 Å². The SMILES string of the molecule is O=C(O)Cn1c(-c2ccccc2)c(Cl)nc(NC2CCS(=O)(=O)C2)c1=O. The minimum absolute atomic E-state index is 0.0316. The maximum absolute atomic E-state index is 12.8. The normalized spacial score (nSPS) is 18.6. The number of carbonyl (C=O) groups is 1. The molecule has 1 unspecified atom stereocenters. The van der Waals surface area contributed by atoms with E-state index < -0.39 is 34.0 Å². The van der Waals surface area contributed by atoms with E-state index in [0.29, 0.717) is 12.0 Å². The van der Waals surface area contributed by atoms with Crippen LogP contribution in [0.25, 0.3) is 11.3 Å². The molecule has 0 spiro atoms. The van der Waals surface area contributed by atoms with Crippen LogP contribution in [0.4, 0.5) is 5.82 Å². The minimum Gasteiger partial charge on any atom is -0.480 e. The third-order valence-electron chi connectivity index (χ3n) is 4.04. The molecular weight excluding hydrogens is 382 g/mol. The number of aromatic nitrogens is 2. The van der Waals surface area contributed by atoms with Gasteiger partial charge < -0.3 is 10.4 Å². The molecule has 8 nitrogen and oxygen atoms in total. The first-order valence-corrected chi connectivity index (χ1v) is 10.0. The number of benzene rings is 1. The number of sulfone groups is 1. The predicted octanol–water partition coefficient (Wildman–Crippen LogP) is 1.25. The Balaban J connectivity index is 2.07. The summed E-state index contributed by atoms with van der Waals surface area (Å²) in [4.78, 5) is 28.1. The second-order valence-corrected chi connectivity index (χ2v) is 8.58. The number of halogens is 1. The lowest BCUT2D eigenvalue weighted by molar-refractivity contribution is -0.137. The van der Waals surface area contributed by atoms with E-state index in [-0.39, 0.29) is 28.2 Å². The summed E-state index contributed by atoms with van der Waals surface area (Å²) in [5, 5.41) is 11.9. The van der Waals surface area contributed by atoms with E-state index in [4.69, 9.17) is 11.6 Å². The zero-order chi connectivity index (χ0) is 18.9. The summed E-state index contributed by atoms with van der Waals surface area (Å²) in [5.41, 5.74) is 0.0857. The van der Waals surface area contributed by atoms with Gasteiger partial charge in [0.15, 0.2) is 20.8 Å². The van der Waals surface area contributed by atoms with E-state index in [2.05, 4.69) is 10.3 Å². The molecule has 2 heterocycles. The van der Waals surface area contributed by atoms with E-state index in [0.717, 1.165) is 4.57 Å². The minimum atomic E-state index is -3.15. The van der Waals surface area contributed by atoms with Gasteiger partial charge in [0.2, 0.25) is 0 Å². The largest absolute Gasteiger partial charge is 0.480 e. The van der Waals surface area contributed by atoms with Gasteiger partial charge in [0.1, 0.15) is 6.54 Å². The fraction of sp³-hybridized carbons (Fsp3) is 0.312. The summed E-state index contributed by atoms with van der Waals surface area (Å²) in [5.74, 6) is -1.44. The maximum Gasteiger partial charge on any atom is 0.323 e. The first kappa shape index (κ1) is 18.4. The molecule has 1 aromatic carbocycles. The van der Waals surface area contributed by atoms with E-state index in [1.54, 1.807) is 30.3 Å². The Morgan fingerprint density at radius 1 is 1.35 bits per heavy atom. The molecule has 26 heavy (non-hydrogen) atoms. The average Bonchev–Trinajstić information content (AvgIpc) is 2.91. The van der Waals surface area contributed by atoms with Crippen molar-refractivity contribution >= 4 is 33.2 Å². The molecule has 1 aliphatic heterocycles. The second kappa shape index (κ2) is 7.08. The van der Waals surface area contributed by atoms with Crippen LogP contribution in [-0.4, -0.2) is 46.6 Å². The van der Waals surface area contributed by atoms with Gasteiger partial charge in [0, 0.05) is 11.6 Å². The molecule has 1 aliphatic rings. The van der Waals surface area contributed by atoms with E-state index in [9.17, 15) is 23.1 Å². The van der Waals surface area contributed by atoms with Gasteiger partial charge in [0.25, 0.3) is 5.56 Å². The van der Waals surface area contributed by atoms with Crippen molar-refractivity contribution in [2.75, 3.05) is 16.8 Å². The first-order valence-electron chi connectivity index (χ1n) is 7.81. The molecule has 0 bridgehead atoms. The Labute approximate surface area is 154 Å². The summed E-state index contributed by atoms with van der Waals surface area (Å²) in [6, 6.07) is 8.17. The number of anilines is 1. The Kier molecular flexibility index (Phi) is 5.01. The van der Waals surface area contributed by atoms with Gasteiger partial charge in [-0.1, -0.05) is 41.9 Å². The van der Waals surface area contributed by atoms with Crippen LogP contribution in [0.15, 0.2) is 35.1 Å². The number of hydrogen-bond donors (Lipinski definition) is 2. The van der Waals surface area contributed by atoms with Crippen molar-refractivity contribution in [3.63, 3.8) is 0 Å². The molecule has 1 aromatic heterocycles. The smallest absolute Gasteiger partial charge is 0.323 e. The summed E-state index contributed by atoms with van der Waals surface area (Å²) in [6.45, 7) is -0.594. The highest BCUT2D eigenvalue weighted by atomic mass is 35.5. The highest BCUT2D eigenvalue weighted by Gasteiger charge is 2.29. The molecule has 2 N–H and O–H groups in total. The molecule has 138 valence electrons. The molecule has 3 rings (SSSR count). The van der Waals surface area contributed by atoms with Gasteiger partial charge in [-0.05, 0) is 6.42 Å². The number of carboxylic acids is 1. The molecule has 1 atom stereocenters. The van der Waals surface area contributed by atoms with Crippen LogP contribution in [0.5, 0.6) is 0 Å². The van der Waals surface area contributed by atoms with E-state index in [1.165, 1.54) is 0 Å². The van der Waals surface area contributed by atoms with Crippen LogP contribution < -0.4 is 10.9 Å². The standard InChI is InChI=1S/C16H16ClN3O5S/c17-14-13(10-4-2-1-3-5-10)20(8-12(21)22)16(23)15(19-14)18-11-6-7-26(24,25)9-11/h1-5,11H,6-9H2,(H,18,19)(H,21,22). The number of nitrogens with one attached hydrogen (secondary N) is 1. The van der Waals surface area contributed by atoms with Gasteiger partial charge in [0.05, 0.1) is 17.2 Å². The topological polar surface area (TPSA) is 118 Å². The van der Waals surface area contributed by atoms with Crippen molar-refractivity contribution in [2.45, 2.75) is 19.0 Å². The highest BCUT2D eigenvalue weighted by Crippen LogP contribution is 2.26. The molecule has 0 aliphatic carbocycles. The predicted molar refractivity (Wildman–Crippen MR) is 97.3 cm³/mol. The van der Waals surface area contributed by atoms with E-state index in [1.807, 2.05) is 0 Å². The van der Waals surface area contributed by atoms with Crippen molar-refractivity contribution in [1.29, 1.82) is 0 Å². The molecule has 0 radical (unpaired) electrons. The molecule has 1 fully saturated rings. The zero-order valence-corrected chi connectivity index (χ0v) is 15.1. The Bertz CT molecular complexity index is 1000. The first-order chi connectivity index (χ1) is 12.3. The average molecular weight is 398 g/mol. The highest BCUT2D eigenvalue weighted by molar-refractivity contribution is 7.91. The van der Waals surface area contributed by atoms with Gasteiger partial charge in [-0.2, -0.15) is 0 Å². The van der Waals surface area contributed by atoms with Crippen molar-refractivity contribution in [1.82, 2.24) is 9.55 Å². The van der Waals surface area contributed by atoms with Gasteiger partial charge in [-0.3, -0.25) is 14.2 Å². The second-order valence-electron chi connectivity index (χ2n) is 6.00. The lowest BCUT2D eigenvalue weighted by Crippen LogP contribution is -2.32. The quantitative estimate of drug-likeness (QED) is 0.779.